The van der Waals surface area contributed by atoms with E-state index >= 15 is 0 Å². The lowest BCUT2D eigenvalue weighted by atomic mass is 10.1. The molecule has 1 saturated heterocycles. The minimum absolute atomic E-state index is 0.148. The maximum absolute atomic E-state index is 11.5. The summed E-state index contributed by atoms with van der Waals surface area (Å²) in [6, 6.07) is 9.49. The smallest absolute Gasteiger partial charge is 0.328 e. The van der Waals surface area contributed by atoms with E-state index in [4.69, 9.17) is 4.74 Å². The Labute approximate surface area is 83.3 Å². The second-order valence-corrected chi connectivity index (χ2v) is 3.46. The molecule has 0 aliphatic carbocycles. The highest BCUT2D eigenvalue weighted by molar-refractivity contribution is 5.78. The average Bonchev–Trinajstić information content (AvgIpc) is 2.19. The Morgan fingerprint density at radius 3 is 2.71 bits per heavy atom. The van der Waals surface area contributed by atoms with Gasteiger partial charge < -0.3 is 4.74 Å². The van der Waals surface area contributed by atoms with Crippen LogP contribution in [0.1, 0.15) is 11.6 Å². The molecule has 0 radical (unpaired) electrons. The third-order valence-corrected chi connectivity index (χ3v) is 2.47. The van der Waals surface area contributed by atoms with Crippen LogP contribution in [-0.4, -0.2) is 31.1 Å². The van der Waals surface area contributed by atoms with Gasteiger partial charge in [-0.1, -0.05) is 30.3 Å². The lowest BCUT2D eigenvalue weighted by Gasteiger charge is -2.30. The average molecular weight is 191 g/mol. The predicted molar refractivity (Wildman–Crippen MR) is 52.8 cm³/mol. The number of morpholine rings is 1. The summed E-state index contributed by atoms with van der Waals surface area (Å²) < 4.78 is 5.03. The van der Waals surface area contributed by atoms with E-state index in [9.17, 15) is 4.79 Å². The molecule has 14 heavy (non-hydrogen) atoms. The molecule has 0 N–H and O–H groups in total. The molecule has 2 rings (SSSR count). The maximum atomic E-state index is 11.5. The van der Waals surface area contributed by atoms with Crippen molar-refractivity contribution in [2.75, 3.05) is 20.2 Å². The molecular formula is C11H13NO2. The van der Waals surface area contributed by atoms with Crippen LogP contribution in [0.15, 0.2) is 30.3 Å². The van der Waals surface area contributed by atoms with Gasteiger partial charge in [-0.05, 0) is 12.6 Å². The van der Waals surface area contributed by atoms with Gasteiger partial charge in [-0.15, -0.1) is 0 Å². The number of rotatable bonds is 1. The van der Waals surface area contributed by atoms with Crippen LogP contribution in [0.3, 0.4) is 0 Å². The predicted octanol–water partition coefficient (Wildman–Crippen LogP) is 1.22. The van der Waals surface area contributed by atoms with Gasteiger partial charge in [-0.3, -0.25) is 4.90 Å². The fourth-order valence-electron chi connectivity index (χ4n) is 1.70. The van der Waals surface area contributed by atoms with E-state index in [-0.39, 0.29) is 12.0 Å². The van der Waals surface area contributed by atoms with E-state index in [0.717, 1.165) is 12.1 Å². The summed E-state index contributed by atoms with van der Waals surface area (Å²) in [7, 11) is 1.94. The zero-order valence-electron chi connectivity index (χ0n) is 8.14. The third kappa shape index (κ3) is 1.63. The van der Waals surface area contributed by atoms with Gasteiger partial charge in [-0.25, -0.2) is 4.79 Å². The standard InChI is InChI=1S/C11H13NO2/c1-12-7-8-14-11(13)10(12)9-5-3-2-4-6-9/h2-6,10H,7-8H2,1H3/t10-/m1/s1. The highest BCUT2D eigenvalue weighted by atomic mass is 16.5. The van der Waals surface area contributed by atoms with E-state index in [1.807, 2.05) is 42.3 Å². The summed E-state index contributed by atoms with van der Waals surface area (Å²) in [5.74, 6) is -0.148. The summed E-state index contributed by atoms with van der Waals surface area (Å²) in [6.07, 6.45) is 0. The van der Waals surface area contributed by atoms with E-state index < -0.39 is 0 Å². The van der Waals surface area contributed by atoms with Crippen molar-refractivity contribution < 1.29 is 9.53 Å². The van der Waals surface area contributed by atoms with Crippen molar-refractivity contribution in [1.29, 1.82) is 0 Å². The zero-order chi connectivity index (χ0) is 9.97. The Balaban J connectivity index is 2.27. The first-order chi connectivity index (χ1) is 6.79. The first-order valence-corrected chi connectivity index (χ1v) is 4.71. The van der Waals surface area contributed by atoms with Gasteiger partial charge in [0.2, 0.25) is 0 Å². The SMILES string of the molecule is CN1CCOC(=O)[C@H]1c1ccccc1. The van der Waals surface area contributed by atoms with Gasteiger partial charge >= 0.3 is 5.97 Å². The van der Waals surface area contributed by atoms with E-state index in [0.29, 0.717) is 6.61 Å². The topological polar surface area (TPSA) is 29.5 Å². The van der Waals surface area contributed by atoms with Gasteiger partial charge in [0.05, 0.1) is 0 Å². The van der Waals surface area contributed by atoms with Crippen LogP contribution in [0, 0.1) is 0 Å². The lowest BCUT2D eigenvalue weighted by molar-refractivity contribution is -0.156. The molecule has 0 saturated carbocycles. The van der Waals surface area contributed by atoms with Crippen LogP contribution in [0.25, 0.3) is 0 Å². The Hall–Kier alpha value is -1.35. The number of hydrogen-bond acceptors (Lipinski definition) is 3. The van der Waals surface area contributed by atoms with Crippen LogP contribution < -0.4 is 0 Å². The monoisotopic (exact) mass is 191 g/mol. The molecule has 0 aromatic heterocycles. The zero-order valence-corrected chi connectivity index (χ0v) is 8.14. The van der Waals surface area contributed by atoms with Crippen LogP contribution in [0.5, 0.6) is 0 Å². The highest BCUT2D eigenvalue weighted by Crippen LogP contribution is 2.23. The molecule has 1 aliphatic rings. The minimum atomic E-state index is -0.232. The number of likely N-dealkylation sites (N-methyl/N-ethyl adjacent to an activating group) is 1. The molecule has 1 aromatic carbocycles. The molecule has 1 aliphatic heterocycles. The molecule has 1 atom stereocenters. The van der Waals surface area contributed by atoms with Gasteiger partial charge in [0.15, 0.2) is 0 Å². The fourth-order valence-corrected chi connectivity index (χ4v) is 1.70. The van der Waals surface area contributed by atoms with Crippen molar-refractivity contribution in [2.24, 2.45) is 0 Å². The van der Waals surface area contributed by atoms with Crippen LogP contribution >= 0.6 is 0 Å². The number of benzene rings is 1. The first-order valence-electron chi connectivity index (χ1n) is 4.71. The number of carbonyl (C=O) groups excluding carboxylic acids is 1. The number of ether oxygens (including phenoxy) is 1. The fraction of sp³-hybridized carbons (Fsp3) is 0.364. The summed E-state index contributed by atoms with van der Waals surface area (Å²) in [6.45, 7) is 1.30. The van der Waals surface area contributed by atoms with Gasteiger partial charge in [0, 0.05) is 6.54 Å². The molecule has 0 amide bonds. The second-order valence-electron chi connectivity index (χ2n) is 3.46. The number of hydrogen-bond donors (Lipinski definition) is 0. The first kappa shape index (κ1) is 9.21. The molecular weight excluding hydrogens is 178 g/mol. The summed E-state index contributed by atoms with van der Waals surface area (Å²) >= 11 is 0. The maximum Gasteiger partial charge on any atom is 0.328 e. The molecule has 74 valence electrons. The van der Waals surface area contributed by atoms with Crippen molar-refractivity contribution >= 4 is 5.97 Å². The van der Waals surface area contributed by atoms with E-state index in [1.54, 1.807) is 0 Å². The van der Waals surface area contributed by atoms with Crippen LogP contribution in [0.2, 0.25) is 0 Å². The number of cyclic esters (lactones) is 1. The number of nitrogens with zero attached hydrogens (tertiary/aromatic N) is 1. The van der Waals surface area contributed by atoms with Crippen molar-refractivity contribution in [3.8, 4) is 0 Å². The molecule has 1 fully saturated rings. The van der Waals surface area contributed by atoms with Crippen molar-refractivity contribution in [1.82, 2.24) is 4.90 Å². The molecule has 0 spiro atoms. The third-order valence-electron chi connectivity index (χ3n) is 2.47. The van der Waals surface area contributed by atoms with Gasteiger partial charge in [-0.2, -0.15) is 0 Å². The van der Waals surface area contributed by atoms with Gasteiger partial charge in [0.25, 0.3) is 0 Å². The molecule has 3 heteroatoms. The van der Waals surface area contributed by atoms with Crippen LogP contribution in [-0.2, 0) is 9.53 Å². The summed E-state index contributed by atoms with van der Waals surface area (Å²) in [5, 5.41) is 0. The second kappa shape index (κ2) is 3.80. The summed E-state index contributed by atoms with van der Waals surface area (Å²) in [4.78, 5) is 13.6. The molecule has 1 aromatic rings. The Bertz CT molecular complexity index is 323. The van der Waals surface area contributed by atoms with E-state index in [1.165, 1.54) is 0 Å². The van der Waals surface area contributed by atoms with Crippen LogP contribution in [0.4, 0.5) is 0 Å². The largest absolute Gasteiger partial charge is 0.463 e. The Kier molecular flexibility index (Phi) is 2.50. The van der Waals surface area contributed by atoms with Crippen molar-refractivity contribution in [3.05, 3.63) is 35.9 Å². The Morgan fingerprint density at radius 1 is 1.36 bits per heavy atom. The van der Waals surface area contributed by atoms with Gasteiger partial charge in [0.1, 0.15) is 12.6 Å². The number of esters is 1. The Morgan fingerprint density at radius 2 is 2.07 bits per heavy atom. The quantitative estimate of drug-likeness (QED) is 0.625. The highest BCUT2D eigenvalue weighted by Gasteiger charge is 2.29. The van der Waals surface area contributed by atoms with Crippen molar-refractivity contribution in [3.63, 3.8) is 0 Å². The molecule has 0 bridgehead atoms. The normalized spacial score (nSPS) is 23.2. The lowest BCUT2D eigenvalue weighted by Crippen LogP contribution is -2.40. The molecule has 1 heterocycles. The van der Waals surface area contributed by atoms with E-state index in [2.05, 4.69) is 0 Å². The summed E-state index contributed by atoms with van der Waals surface area (Å²) in [5.41, 5.74) is 1.000. The minimum Gasteiger partial charge on any atom is -0.463 e. The van der Waals surface area contributed by atoms with Crippen molar-refractivity contribution in [2.45, 2.75) is 6.04 Å². The number of carbonyl (C=O) groups is 1. The molecule has 3 nitrogen and oxygen atoms in total. The molecule has 0 unspecified atom stereocenters.